The highest BCUT2D eigenvalue weighted by Gasteiger charge is 2.24. The molecule has 2 nitrogen and oxygen atoms in total. The van der Waals surface area contributed by atoms with Gasteiger partial charge in [-0.1, -0.05) is 48.0 Å². The largest absolute Gasteiger partial charge is 0.303 e. The van der Waals surface area contributed by atoms with Gasteiger partial charge in [-0.2, -0.15) is 0 Å². The summed E-state index contributed by atoms with van der Waals surface area (Å²) in [6.07, 6.45) is 0.818. The molecule has 0 amide bonds. The molecule has 108 valence electrons. The first-order valence-corrected chi connectivity index (χ1v) is 7.28. The standard InChI is InChI=1S/C17H15ClFNO/c18-17-12(6-3-7-14(17)19)9-16(21)15-8-11-4-1-2-5-13(11)10-20-15/h1-7,15,20H,8-10H2. The van der Waals surface area contributed by atoms with Crippen LogP contribution >= 0.6 is 11.6 Å². The van der Waals surface area contributed by atoms with Gasteiger partial charge in [-0.15, -0.1) is 0 Å². The number of Topliss-reactive ketones (excluding diaryl/α,β-unsaturated/α-hetero) is 1. The van der Waals surface area contributed by atoms with E-state index >= 15 is 0 Å². The van der Waals surface area contributed by atoms with Crippen LogP contribution in [0.15, 0.2) is 42.5 Å². The Kier molecular flexibility index (Phi) is 4.04. The number of rotatable bonds is 3. The van der Waals surface area contributed by atoms with Crippen LogP contribution in [0.5, 0.6) is 0 Å². The minimum Gasteiger partial charge on any atom is -0.303 e. The number of ketones is 1. The smallest absolute Gasteiger partial charge is 0.154 e. The molecule has 0 spiro atoms. The van der Waals surface area contributed by atoms with Crippen LogP contribution in [0.25, 0.3) is 0 Å². The van der Waals surface area contributed by atoms with Gasteiger partial charge in [-0.25, -0.2) is 4.39 Å². The molecule has 0 bridgehead atoms. The molecule has 0 saturated carbocycles. The second kappa shape index (κ2) is 5.96. The Morgan fingerprint density at radius 2 is 1.95 bits per heavy atom. The van der Waals surface area contributed by atoms with Crippen LogP contribution in [-0.2, 0) is 24.2 Å². The summed E-state index contributed by atoms with van der Waals surface area (Å²) in [5.74, 6) is -0.444. The monoisotopic (exact) mass is 303 g/mol. The first kappa shape index (κ1) is 14.2. The molecule has 2 aromatic carbocycles. The van der Waals surface area contributed by atoms with Gasteiger partial charge in [0.05, 0.1) is 11.1 Å². The number of hydrogen-bond donors (Lipinski definition) is 1. The van der Waals surface area contributed by atoms with Crippen molar-refractivity contribution in [2.75, 3.05) is 0 Å². The van der Waals surface area contributed by atoms with E-state index in [1.165, 1.54) is 17.2 Å². The lowest BCUT2D eigenvalue weighted by Crippen LogP contribution is -2.42. The molecular formula is C17H15ClFNO. The fourth-order valence-corrected chi connectivity index (χ4v) is 2.87. The lowest BCUT2D eigenvalue weighted by atomic mass is 9.91. The Hall–Kier alpha value is -1.71. The maximum Gasteiger partial charge on any atom is 0.154 e. The third-order valence-electron chi connectivity index (χ3n) is 3.87. The molecule has 0 radical (unpaired) electrons. The van der Waals surface area contributed by atoms with E-state index < -0.39 is 5.82 Å². The summed E-state index contributed by atoms with van der Waals surface area (Å²) in [4.78, 5) is 12.4. The molecule has 0 fully saturated rings. The van der Waals surface area contributed by atoms with Crippen molar-refractivity contribution in [2.24, 2.45) is 0 Å². The van der Waals surface area contributed by atoms with Crippen molar-refractivity contribution in [2.45, 2.75) is 25.4 Å². The van der Waals surface area contributed by atoms with E-state index in [-0.39, 0.29) is 23.3 Å². The van der Waals surface area contributed by atoms with Crippen LogP contribution in [0.1, 0.15) is 16.7 Å². The molecule has 2 aromatic rings. The van der Waals surface area contributed by atoms with Crippen LogP contribution in [0.3, 0.4) is 0 Å². The van der Waals surface area contributed by atoms with Crippen molar-refractivity contribution in [1.29, 1.82) is 0 Å². The van der Waals surface area contributed by atoms with Gasteiger partial charge in [0.15, 0.2) is 5.78 Å². The van der Waals surface area contributed by atoms with Crippen molar-refractivity contribution in [3.8, 4) is 0 Å². The van der Waals surface area contributed by atoms with Gasteiger partial charge < -0.3 is 5.32 Å². The molecule has 0 aliphatic carbocycles. The third-order valence-corrected chi connectivity index (χ3v) is 4.29. The summed E-state index contributed by atoms with van der Waals surface area (Å²) in [6, 6.07) is 12.4. The van der Waals surface area contributed by atoms with E-state index in [4.69, 9.17) is 11.6 Å². The van der Waals surface area contributed by atoms with Gasteiger partial charge in [-0.05, 0) is 29.2 Å². The quantitative estimate of drug-likeness (QED) is 0.942. The second-order valence-corrected chi connectivity index (χ2v) is 5.64. The van der Waals surface area contributed by atoms with Crippen LogP contribution in [0, 0.1) is 5.82 Å². The summed E-state index contributed by atoms with van der Waals surface area (Å²) in [6.45, 7) is 0.684. The molecule has 1 atom stereocenters. The van der Waals surface area contributed by atoms with Crippen LogP contribution in [0.4, 0.5) is 4.39 Å². The average Bonchev–Trinajstić information content (AvgIpc) is 2.51. The minimum absolute atomic E-state index is 0.0389. The topological polar surface area (TPSA) is 29.1 Å². The van der Waals surface area contributed by atoms with Gasteiger partial charge in [0.2, 0.25) is 0 Å². The van der Waals surface area contributed by atoms with E-state index in [2.05, 4.69) is 11.4 Å². The van der Waals surface area contributed by atoms with Gasteiger partial charge >= 0.3 is 0 Å². The predicted molar refractivity (Wildman–Crippen MR) is 80.9 cm³/mol. The molecule has 3 rings (SSSR count). The van der Waals surface area contributed by atoms with E-state index in [0.29, 0.717) is 18.5 Å². The van der Waals surface area contributed by atoms with Crippen molar-refractivity contribution in [3.05, 3.63) is 70.0 Å². The molecule has 1 aliphatic rings. The predicted octanol–water partition coefficient (Wildman–Crippen LogP) is 3.31. The SMILES string of the molecule is O=C(Cc1cccc(F)c1Cl)C1Cc2ccccc2CN1. The second-order valence-electron chi connectivity index (χ2n) is 5.26. The number of benzene rings is 2. The molecule has 1 unspecified atom stereocenters. The number of fused-ring (bicyclic) bond motifs is 1. The Balaban J connectivity index is 1.74. The maximum absolute atomic E-state index is 13.4. The van der Waals surface area contributed by atoms with Crippen LogP contribution < -0.4 is 5.32 Å². The van der Waals surface area contributed by atoms with Crippen molar-refractivity contribution < 1.29 is 9.18 Å². The molecular weight excluding hydrogens is 289 g/mol. The number of nitrogens with one attached hydrogen (secondary N) is 1. The zero-order valence-electron chi connectivity index (χ0n) is 11.4. The van der Waals surface area contributed by atoms with Crippen LogP contribution in [-0.4, -0.2) is 11.8 Å². The molecule has 4 heteroatoms. The Labute approximate surface area is 127 Å². The summed E-state index contributed by atoms with van der Waals surface area (Å²) < 4.78 is 13.4. The highest BCUT2D eigenvalue weighted by Crippen LogP contribution is 2.22. The van der Waals surface area contributed by atoms with E-state index in [1.54, 1.807) is 12.1 Å². The van der Waals surface area contributed by atoms with Crippen molar-refractivity contribution in [1.82, 2.24) is 5.32 Å². The van der Waals surface area contributed by atoms with E-state index in [9.17, 15) is 9.18 Å². The van der Waals surface area contributed by atoms with Gasteiger partial charge in [0.1, 0.15) is 5.82 Å². The number of halogens is 2. The summed E-state index contributed by atoms with van der Waals surface area (Å²) in [5, 5.41) is 3.29. The van der Waals surface area contributed by atoms with E-state index in [1.807, 2.05) is 18.2 Å². The fraction of sp³-hybridized carbons (Fsp3) is 0.235. The maximum atomic E-state index is 13.4. The van der Waals surface area contributed by atoms with Gasteiger partial charge in [-0.3, -0.25) is 4.79 Å². The third kappa shape index (κ3) is 2.99. The number of hydrogen-bond acceptors (Lipinski definition) is 2. The van der Waals surface area contributed by atoms with Crippen LogP contribution in [0.2, 0.25) is 5.02 Å². The zero-order valence-corrected chi connectivity index (χ0v) is 12.2. The first-order chi connectivity index (χ1) is 10.1. The average molecular weight is 304 g/mol. The van der Waals surface area contributed by atoms with Crippen molar-refractivity contribution >= 4 is 17.4 Å². The Bertz CT molecular complexity index is 686. The molecule has 1 aliphatic heterocycles. The molecule has 1 heterocycles. The lowest BCUT2D eigenvalue weighted by Gasteiger charge is -2.25. The molecule has 0 saturated heterocycles. The van der Waals surface area contributed by atoms with Gasteiger partial charge in [0.25, 0.3) is 0 Å². The minimum atomic E-state index is -0.482. The normalized spacial score (nSPS) is 17.3. The number of carbonyl (C=O) groups excluding carboxylic acids is 1. The molecule has 1 N–H and O–H groups in total. The summed E-state index contributed by atoms with van der Waals surface area (Å²) >= 11 is 5.91. The highest BCUT2D eigenvalue weighted by molar-refractivity contribution is 6.31. The summed E-state index contributed by atoms with van der Waals surface area (Å²) in [7, 11) is 0. The van der Waals surface area contributed by atoms with Crippen molar-refractivity contribution in [3.63, 3.8) is 0 Å². The zero-order chi connectivity index (χ0) is 14.8. The fourth-order valence-electron chi connectivity index (χ4n) is 2.68. The van der Waals surface area contributed by atoms with E-state index in [0.717, 1.165) is 0 Å². The summed E-state index contributed by atoms with van der Waals surface area (Å²) in [5.41, 5.74) is 2.97. The highest BCUT2D eigenvalue weighted by atomic mass is 35.5. The Morgan fingerprint density at radius 1 is 1.19 bits per heavy atom. The molecule has 21 heavy (non-hydrogen) atoms. The first-order valence-electron chi connectivity index (χ1n) is 6.91. The Morgan fingerprint density at radius 3 is 2.76 bits per heavy atom. The molecule has 0 aromatic heterocycles. The number of carbonyl (C=O) groups is 1. The lowest BCUT2D eigenvalue weighted by molar-refractivity contribution is -0.120. The van der Waals surface area contributed by atoms with Gasteiger partial charge in [0, 0.05) is 13.0 Å².